The second-order valence-electron chi connectivity index (χ2n) is 8.42. The number of hydrogen-bond acceptors (Lipinski definition) is 7. The van der Waals surface area contributed by atoms with Crippen LogP contribution in [0.15, 0.2) is 12.7 Å². The Bertz CT molecular complexity index is 654. The van der Waals surface area contributed by atoms with E-state index in [2.05, 4.69) is 31.4 Å². The summed E-state index contributed by atoms with van der Waals surface area (Å²) in [5.74, 6) is -2.63. The first-order valence-corrected chi connectivity index (χ1v) is 9.85. The molecule has 0 N–H and O–H groups in total. The normalized spacial score (nSPS) is 30.6. The molecule has 28 heavy (non-hydrogen) atoms. The highest BCUT2D eigenvalue weighted by Gasteiger charge is 2.51. The van der Waals surface area contributed by atoms with Crippen molar-refractivity contribution in [3.63, 3.8) is 0 Å². The molecule has 0 aromatic carbocycles. The molecule has 1 aliphatic carbocycles. The van der Waals surface area contributed by atoms with Crippen molar-refractivity contribution >= 4 is 18.2 Å². The zero-order valence-electron chi connectivity index (χ0n) is 16.9. The zero-order chi connectivity index (χ0) is 20.9. The van der Waals surface area contributed by atoms with Crippen molar-refractivity contribution in [1.82, 2.24) is 4.90 Å². The molecule has 0 spiro atoms. The highest BCUT2D eigenvalue weighted by molar-refractivity contribution is 5.81. The lowest BCUT2D eigenvalue weighted by atomic mass is 9.61. The number of carbonyl (C=O) groups is 3. The van der Waals surface area contributed by atoms with Gasteiger partial charge < -0.3 is 14.3 Å². The molecular formula is C21H30N2O5. The van der Waals surface area contributed by atoms with Crippen LogP contribution in [0.1, 0.15) is 40.0 Å². The smallest absolute Gasteiger partial charge is 0.330 e. The topological polar surface area (TPSA) is 96.7 Å². The van der Waals surface area contributed by atoms with E-state index in [0.717, 1.165) is 12.5 Å². The summed E-state index contributed by atoms with van der Waals surface area (Å²) in [6, 6.07) is 1.89. The van der Waals surface area contributed by atoms with Crippen molar-refractivity contribution < 1.29 is 23.9 Å². The summed E-state index contributed by atoms with van der Waals surface area (Å²) in [4.78, 5) is 38.1. The highest BCUT2D eigenvalue weighted by atomic mass is 16.5. The van der Waals surface area contributed by atoms with Crippen molar-refractivity contribution in [2.24, 2.45) is 23.2 Å². The van der Waals surface area contributed by atoms with Gasteiger partial charge >= 0.3 is 11.9 Å². The van der Waals surface area contributed by atoms with E-state index >= 15 is 0 Å². The van der Waals surface area contributed by atoms with Gasteiger partial charge in [0.15, 0.2) is 0 Å². The molecule has 0 aromatic heterocycles. The van der Waals surface area contributed by atoms with E-state index < -0.39 is 23.7 Å². The van der Waals surface area contributed by atoms with Crippen LogP contribution in [0.3, 0.4) is 0 Å². The molecule has 0 bridgehead atoms. The Balaban J connectivity index is 2.30. The van der Waals surface area contributed by atoms with Gasteiger partial charge in [0.2, 0.25) is 0 Å². The zero-order valence-corrected chi connectivity index (χ0v) is 16.9. The van der Waals surface area contributed by atoms with Gasteiger partial charge in [-0.05, 0) is 37.5 Å². The Hall–Kier alpha value is -2.20. The van der Waals surface area contributed by atoms with E-state index in [1.54, 1.807) is 6.92 Å². The largest absolute Gasteiger partial charge is 0.466 e. The quantitative estimate of drug-likeness (QED) is 0.373. The number of aldehydes is 1. The number of ether oxygens (including phenoxy) is 2. The number of nitriles is 1. The van der Waals surface area contributed by atoms with Crippen molar-refractivity contribution in [1.29, 1.82) is 5.26 Å². The molecule has 2 aliphatic rings. The predicted octanol–water partition coefficient (Wildman–Crippen LogP) is 2.11. The molecule has 0 aromatic rings. The summed E-state index contributed by atoms with van der Waals surface area (Å²) in [5.41, 5.74) is -0.133. The number of likely N-dealkylation sites (tertiary alicyclic amines) is 1. The first kappa shape index (κ1) is 22.1. The molecule has 2 fully saturated rings. The fourth-order valence-corrected chi connectivity index (χ4v) is 4.69. The minimum atomic E-state index is -0.853. The Morgan fingerprint density at radius 2 is 2.11 bits per heavy atom. The summed E-state index contributed by atoms with van der Waals surface area (Å²) in [5, 5.41) is 9.48. The molecule has 4 unspecified atom stereocenters. The van der Waals surface area contributed by atoms with Gasteiger partial charge in [-0.15, -0.1) is 0 Å². The van der Waals surface area contributed by atoms with Crippen LogP contribution < -0.4 is 0 Å². The fourth-order valence-electron chi connectivity index (χ4n) is 4.69. The highest BCUT2D eigenvalue weighted by Crippen LogP contribution is 2.47. The molecule has 1 heterocycles. The molecule has 1 saturated carbocycles. The number of carbonyl (C=O) groups excluding carboxylic acids is 3. The number of nitrogens with zero attached hydrogens (tertiary/aromatic N) is 2. The van der Waals surface area contributed by atoms with E-state index in [0.29, 0.717) is 32.2 Å². The predicted molar refractivity (Wildman–Crippen MR) is 102 cm³/mol. The van der Waals surface area contributed by atoms with Gasteiger partial charge in [0.1, 0.15) is 18.3 Å². The minimum absolute atomic E-state index is 0.133. The fraction of sp³-hybridized carbons (Fsp3) is 0.714. The van der Waals surface area contributed by atoms with Gasteiger partial charge in [0.25, 0.3) is 0 Å². The van der Waals surface area contributed by atoms with Gasteiger partial charge in [0.05, 0.1) is 18.6 Å². The molecule has 7 nitrogen and oxygen atoms in total. The third-order valence-corrected chi connectivity index (χ3v) is 5.84. The molecular weight excluding hydrogens is 360 g/mol. The van der Waals surface area contributed by atoms with Crippen molar-refractivity contribution in [3.05, 3.63) is 12.7 Å². The maximum absolute atomic E-state index is 12.9. The monoisotopic (exact) mass is 390 g/mol. The lowest BCUT2D eigenvalue weighted by molar-refractivity contribution is -0.158. The van der Waals surface area contributed by atoms with E-state index in [4.69, 9.17) is 9.47 Å². The van der Waals surface area contributed by atoms with Crippen LogP contribution in [0.4, 0.5) is 0 Å². The van der Waals surface area contributed by atoms with Crippen LogP contribution in [0.5, 0.6) is 0 Å². The Morgan fingerprint density at radius 1 is 1.39 bits per heavy atom. The minimum Gasteiger partial charge on any atom is -0.466 e. The molecule has 0 radical (unpaired) electrons. The molecule has 1 aliphatic heterocycles. The van der Waals surface area contributed by atoms with E-state index in [1.165, 1.54) is 0 Å². The Kier molecular flexibility index (Phi) is 7.36. The van der Waals surface area contributed by atoms with Gasteiger partial charge in [-0.25, -0.2) is 4.79 Å². The molecule has 5 atom stereocenters. The van der Waals surface area contributed by atoms with Crippen LogP contribution in [-0.4, -0.2) is 55.0 Å². The summed E-state index contributed by atoms with van der Waals surface area (Å²) >= 11 is 0. The average Bonchev–Trinajstić information content (AvgIpc) is 3.10. The average molecular weight is 390 g/mol. The van der Waals surface area contributed by atoms with Crippen molar-refractivity contribution in [3.8, 4) is 6.07 Å². The molecule has 7 heteroatoms. The second-order valence-corrected chi connectivity index (χ2v) is 8.42. The van der Waals surface area contributed by atoms with Gasteiger partial charge in [-0.2, -0.15) is 5.26 Å². The van der Waals surface area contributed by atoms with Gasteiger partial charge in [-0.1, -0.05) is 20.4 Å². The maximum atomic E-state index is 12.9. The van der Waals surface area contributed by atoms with Crippen LogP contribution >= 0.6 is 0 Å². The standard InChI is InChI=1S/C21H30N2O5/c1-5-18(25)28-15-7-8-23(12-15)17-10-21(3,4)9-16(14(11-22)13-24)19(17)20(26)27-6-2/h5,13-17,19H,1,6-10,12H2,2-4H3/t14-,15?,16?,17?,19?/m1/s1. The molecule has 0 amide bonds. The lowest BCUT2D eigenvalue weighted by Gasteiger charge is -2.48. The summed E-state index contributed by atoms with van der Waals surface area (Å²) in [7, 11) is 0. The maximum Gasteiger partial charge on any atom is 0.330 e. The van der Waals surface area contributed by atoms with Crippen molar-refractivity contribution in [2.75, 3.05) is 19.7 Å². The first-order valence-electron chi connectivity index (χ1n) is 9.85. The number of esters is 2. The summed E-state index contributed by atoms with van der Waals surface area (Å²) in [6.07, 6.45) is 3.55. The van der Waals surface area contributed by atoms with E-state index in [9.17, 15) is 19.6 Å². The van der Waals surface area contributed by atoms with E-state index in [-0.39, 0.29) is 30.1 Å². The Labute approximate surface area is 166 Å². The van der Waals surface area contributed by atoms with Crippen LogP contribution in [0.2, 0.25) is 0 Å². The first-order chi connectivity index (χ1) is 13.3. The Morgan fingerprint density at radius 3 is 2.68 bits per heavy atom. The van der Waals surface area contributed by atoms with Crippen LogP contribution in [0, 0.1) is 34.5 Å². The SMILES string of the molecule is C=CC(=O)OC1CCN(C2CC(C)(C)CC([C@H](C#N)C=O)C2C(=O)OCC)C1. The molecule has 154 valence electrons. The third-order valence-electron chi connectivity index (χ3n) is 5.84. The van der Waals surface area contributed by atoms with Crippen LogP contribution in [-0.2, 0) is 23.9 Å². The lowest BCUT2D eigenvalue weighted by Crippen LogP contribution is -2.54. The number of rotatable bonds is 7. The van der Waals surface area contributed by atoms with E-state index in [1.807, 2.05) is 0 Å². The summed E-state index contributed by atoms with van der Waals surface area (Å²) in [6.45, 7) is 10.8. The van der Waals surface area contributed by atoms with Crippen molar-refractivity contribution in [2.45, 2.75) is 52.2 Å². The molecule has 2 rings (SSSR count). The summed E-state index contributed by atoms with van der Waals surface area (Å²) < 4.78 is 10.7. The van der Waals surface area contributed by atoms with Gasteiger partial charge in [0, 0.05) is 25.2 Å². The van der Waals surface area contributed by atoms with Gasteiger partial charge in [-0.3, -0.25) is 9.69 Å². The third kappa shape index (κ3) is 4.99. The second kappa shape index (κ2) is 9.33. The van der Waals surface area contributed by atoms with Crippen LogP contribution in [0.25, 0.3) is 0 Å². The molecule has 1 saturated heterocycles. The number of hydrogen-bond donors (Lipinski definition) is 0.